The Morgan fingerprint density at radius 1 is 1.03 bits per heavy atom. The van der Waals surface area contributed by atoms with E-state index in [-0.39, 0.29) is 5.78 Å². The molecular weight excluding hydrogens is 358 g/mol. The predicted octanol–water partition coefficient (Wildman–Crippen LogP) is 5.88. The van der Waals surface area contributed by atoms with E-state index in [0.717, 1.165) is 47.2 Å². The first-order valence-corrected chi connectivity index (χ1v) is 10.4. The van der Waals surface area contributed by atoms with E-state index in [9.17, 15) is 4.79 Å². The molecule has 0 amide bonds. The fraction of sp³-hybridized carbons (Fsp3) is 0.360. The average molecular weight is 392 g/mol. The van der Waals surface area contributed by atoms with Crippen LogP contribution in [0.15, 0.2) is 54.7 Å². The van der Waals surface area contributed by atoms with Crippen LogP contribution in [0, 0.1) is 0 Å². The molecule has 1 aromatic heterocycles. The highest BCUT2D eigenvalue weighted by atomic mass is 16.1. The summed E-state index contributed by atoms with van der Waals surface area (Å²) in [6, 6.07) is 16.5. The molecule has 29 heavy (non-hydrogen) atoms. The van der Waals surface area contributed by atoms with E-state index in [1.165, 1.54) is 6.42 Å². The topological polar surface area (TPSA) is 45.2 Å². The molecule has 2 aromatic carbocycles. The minimum absolute atomic E-state index is 0.0274. The van der Waals surface area contributed by atoms with Crippen molar-refractivity contribution in [2.75, 3.05) is 32.5 Å². The molecule has 0 saturated heterocycles. The number of nitrogens with one attached hydrogen (secondary N) is 1. The van der Waals surface area contributed by atoms with Gasteiger partial charge < -0.3 is 10.2 Å². The fourth-order valence-corrected chi connectivity index (χ4v) is 3.07. The molecule has 1 N–H and O–H groups in total. The largest absolute Gasteiger partial charge is 0.384 e. The molecule has 0 aliphatic rings. The van der Waals surface area contributed by atoms with Crippen LogP contribution < -0.4 is 5.32 Å². The summed E-state index contributed by atoms with van der Waals surface area (Å²) in [6.07, 6.45) is 3.94. The number of ketones is 1. The number of carbonyl (C=O) groups excluding carboxylic acids is 1. The first-order valence-electron chi connectivity index (χ1n) is 10.4. The Kier molecular flexibility index (Phi) is 8.81. The smallest absolute Gasteiger partial charge is 0.163 e. The summed E-state index contributed by atoms with van der Waals surface area (Å²) in [5.74, 6) is 0.0274. The number of rotatable bonds is 7. The van der Waals surface area contributed by atoms with E-state index in [4.69, 9.17) is 0 Å². The zero-order chi connectivity index (χ0) is 21.2. The van der Waals surface area contributed by atoms with Crippen LogP contribution in [-0.2, 0) is 0 Å². The van der Waals surface area contributed by atoms with Gasteiger partial charge in [-0.05, 0) is 57.2 Å². The Hall–Kier alpha value is -2.72. The van der Waals surface area contributed by atoms with Gasteiger partial charge in [0.25, 0.3) is 0 Å². The van der Waals surface area contributed by atoms with Gasteiger partial charge in [0.1, 0.15) is 0 Å². The number of pyridine rings is 1. The summed E-state index contributed by atoms with van der Waals surface area (Å²) < 4.78 is 0. The van der Waals surface area contributed by atoms with Crippen molar-refractivity contribution in [2.45, 2.75) is 33.6 Å². The number of nitrogens with zero attached hydrogens (tertiary/aromatic N) is 2. The zero-order valence-corrected chi connectivity index (χ0v) is 18.3. The minimum atomic E-state index is 0.0274. The monoisotopic (exact) mass is 391 g/mol. The molecule has 0 spiro atoms. The van der Waals surface area contributed by atoms with Crippen LogP contribution in [0.2, 0.25) is 0 Å². The molecule has 3 rings (SSSR count). The maximum Gasteiger partial charge on any atom is 0.163 e. The molecule has 0 saturated carbocycles. The second-order valence-corrected chi connectivity index (χ2v) is 7.49. The number of anilines is 1. The van der Waals surface area contributed by atoms with Gasteiger partial charge in [0.2, 0.25) is 0 Å². The summed E-state index contributed by atoms with van der Waals surface area (Å²) in [4.78, 5) is 18.8. The number of hydrogen-bond acceptors (Lipinski definition) is 4. The highest BCUT2D eigenvalue weighted by molar-refractivity contribution is 6.07. The fourth-order valence-electron chi connectivity index (χ4n) is 3.07. The lowest BCUT2D eigenvalue weighted by molar-refractivity contribution is 0.101. The second kappa shape index (κ2) is 11.3. The van der Waals surface area contributed by atoms with Crippen molar-refractivity contribution in [1.29, 1.82) is 0 Å². The molecule has 154 valence electrons. The number of carbonyl (C=O) groups is 1. The Balaban J connectivity index is 0.000000941. The molecular formula is C25H33N3O. The van der Waals surface area contributed by atoms with E-state index in [1.54, 1.807) is 13.1 Å². The molecule has 0 fully saturated rings. The summed E-state index contributed by atoms with van der Waals surface area (Å²) in [5, 5.41) is 4.47. The standard InChI is InChI=1S/C22H25N3O.C3H8/c1-16(26)20-15-24-21-11-10-18(17-8-5-4-6-9-17)14-19(21)22(20)23-12-7-13-25(2)3;1-3-2/h4-6,8-11,14-15H,7,12-13H2,1-3H3,(H,23,24);3H2,1-2H3. The summed E-state index contributed by atoms with van der Waals surface area (Å²) in [7, 11) is 4.13. The summed E-state index contributed by atoms with van der Waals surface area (Å²) >= 11 is 0. The van der Waals surface area contributed by atoms with Gasteiger partial charge in [-0.3, -0.25) is 9.78 Å². The minimum Gasteiger partial charge on any atom is -0.384 e. The van der Waals surface area contributed by atoms with E-state index >= 15 is 0 Å². The molecule has 4 heteroatoms. The number of hydrogen-bond donors (Lipinski definition) is 1. The van der Waals surface area contributed by atoms with Crippen molar-refractivity contribution >= 4 is 22.4 Å². The van der Waals surface area contributed by atoms with E-state index < -0.39 is 0 Å². The van der Waals surface area contributed by atoms with Crippen molar-refractivity contribution < 1.29 is 4.79 Å². The molecule has 0 atom stereocenters. The van der Waals surface area contributed by atoms with Gasteiger partial charge in [-0.1, -0.05) is 56.7 Å². The molecule has 3 aromatic rings. The van der Waals surface area contributed by atoms with Gasteiger partial charge in [0, 0.05) is 18.1 Å². The molecule has 0 unspecified atom stereocenters. The van der Waals surface area contributed by atoms with Gasteiger partial charge in [0.15, 0.2) is 5.78 Å². The van der Waals surface area contributed by atoms with E-state index in [2.05, 4.69) is 67.4 Å². The Labute approximate surface area is 175 Å². The van der Waals surface area contributed by atoms with Crippen LogP contribution in [0.25, 0.3) is 22.0 Å². The summed E-state index contributed by atoms with van der Waals surface area (Å²) in [5.41, 5.74) is 4.70. The molecule has 1 heterocycles. The van der Waals surface area contributed by atoms with Crippen LogP contribution in [0.3, 0.4) is 0 Å². The average Bonchev–Trinajstić information content (AvgIpc) is 2.71. The van der Waals surface area contributed by atoms with Gasteiger partial charge in [0.05, 0.1) is 16.8 Å². The Bertz CT molecular complexity index is 920. The quantitative estimate of drug-likeness (QED) is 0.403. The summed E-state index contributed by atoms with van der Waals surface area (Å²) in [6.45, 7) is 7.66. The van der Waals surface area contributed by atoms with Crippen LogP contribution in [0.4, 0.5) is 5.69 Å². The normalized spacial score (nSPS) is 10.6. The maximum atomic E-state index is 12.1. The van der Waals surface area contributed by atoms with Crippen molar-refractivity contribution in [3.63, 3.8) is 0 Å². The van der Waals surface area contributed by atoms with Crippen LogP contribution >= 0.6 is 0 Å². The van der Waals surface area contributed by atoms with Gasteiger partial charge >= 0.3 is 0 Å². The van der Waals surface area contributed by atoms with Crippen molar-refractivity contribution in [3.05, 3.63) is 60.3 Å². The molecule has 4 nitrogen and oxygen atoms in total. The molecule has 0 radical (unpaired) electrons. The predicted molar refractivity (Wildman–Crippen MR) is 125 cm³/mol. The van der Waals surface area contributed by atoms with Gasteiger partial charge in [-0.15, -0.1) is 0 Å². The van der Waals surface area contributed by atoms with Crippen LogP contribution in [0.5, 0.6) is 0 Å². The lowest BCUT2D eigenvalue weighted by atomic mass is 10.0. The van der Waals surface area contributed by atoms with Gasteiger partial charge in [-0.2, -0.15) is 0 Å². The zero-order valence-electron chi connectivity index (χ0n) is 18.3. The SMILES string of the molecule is CC(=O)c1cnc2ccc(-c3ccccc3)cc2c1NCCCN(C)C.CCC. The van der Waals surface area contributed by atoms with E-state index in [1.807, 2.05) is 24.3 Å². The first kappa shape index (κ1) is 22.6. The molecule has 0 aliphatic carbocycles. The third-order valence-corrected chi connectivity index (χ3v) is 4.44. The van der Waals surface area contributed by atoms with Crippen molar-refractivity contribution in [1.82, 2.24) is 9.88 Å². The van der Waals surface area contributed by atoms with E-state index in [0.29, 0.717) is 5.56 Å². The van der Waals surface area contributed by atoms with Crippen molar-refractivity contribution in [2.24, 2.45) is 0 Å². The number of Topliss-reactive ketones (excluding diaryl/α,β-unsaturated/α-hetero) is 1. The Morgan fingerprint density at radius 3 is 2.34 bits per heavy atom. The molecule has 0 aliphatic heterocycles. The lowest BCUT2D eigenvalue weighted by Crippen LogP contribution is -2.17. The van der Waals surface area contributed by atoms with Crippen LogP contribution in [-0.4, -0.2) is 42.9 Å². The number of benzene rings is 2. The number of aromatic nitrogens is 1. The van der Waals surface area contributed by atoms with Crippen LogP contribution in [0.1, 0.15) is 44.0 Å². The number of fused-ring (bicyclic) bond motifs is 1. The first-order chi connectivity index (χ1) is 14.0. The lowest BCUT2D eigenvalue weighted by Gasteiger charge is -2.15. The third kappa shape index (κ3) is 6.40. The highest BCUT2D eigenvalue weighted by Crippen LogP contribution is 2.30. The Morgan fingerprint density at radius 2 is 1.72 bits per heavy atom. The van der Waals surface area contributed by atoms with Gasteiger partial charge in [-0.25, -0.2) is 0 Å². The van der Waals surface area contributed by atoms with Crippen molar-refractivity contribution in [3.8, 4) is 11.1 Å². The third-order valence-electron chi connectivity index (χ3n) is 4.44. The maximum absolute atomic E-state index is 12.1. The highest BCUT2D eigenvalue weighted by Gasteiger charge is 2.13. The second-order valence-electron chi connectivity index (χ2n) is 7.49. The molecule has 0 bridgehead atoms.